The van der Waals surface area contributed by atoms with Crippen LogP contribution in [0.4, 0.5) is 0 Å². The smallest absolute Gasteiger partial charge is 0.200 e. The molecule has 17 heavy (non-hydrogen) atoms. The lowest BCUT2D eigenvalue weighted by Gasteiger charge is -2.24. The molecule has 0 unspecified atom stereocenters. The molecule has 0 atom stereocenters. The van der Waals surface area contributed by atoms with E-state index in [4.69, 9.17) is 10.5 Å². The maximum Gasteiger partial charge on any atom is 0.200 e. The average Bonchev–Trinajstić information content (AvgIpc) is 3.17. The molecule has 1 aromatic rings. The van der Waals surface area contributed by atoms with Gasteiger partial charge >= 0.3 is 0 Å². The molecule has 4 heteroatoms. The molecule has 1 aromatic carbocycles. The van der Waals surface area contributed by atoms with Gasteiger partial charge in [-0.25, -0.2) is 0 Å². The number of methoxy groups -OCH3 is 1. The summed E-state index contributed by atoms with van der Waals surface area (Å²) >= 11 is 0. The number of benzene rings is 1. The van der Waals surface area contributed by atoms with Gasteiger partial charge in [0.05, 0.1) is 7.11 Å². The van der Waals surface area contributed by atoms with Crippen LogP contribution in [-0.2, 0) is 5.41 Å². The van der Waals surface area contributed by atoms with Crippen molar-refractivity contribution in [2.45, 2.75) is 36.6 Å². The molecule has 0 heterocycles. The van der Waals surface area contributed by atoms with Gasteiger partial charge in [-0.3, -0.25) is 0 Å². The number of phenols is 2. The molecule has 0 aromatic heterocycles. The van der Waals surface area contributed by atoms with E-state index >= 15 is 0 Å². The first-order chi connectivity index (χ1) is 8.02. The van der Waals surface area contributed by atoms with Gasteiger partial charge in [0.25, 0.3) is 0 Å². The lowest BCUT2D eigenvalue weighted by molar-refractivity contribution is 0.348. The van der Waals surface area contributed by atoms with Crippen molar-refractivity contribution in [2.24, 2.45) is 5.73 Å². The summed E-state index contributed by atoms with van der Waals surface area (Å²) in [5.41, 5.74) is 7.19. The Morgan fingerprint density at radius 2 is 1.82 bits per heavy atom. The summed E-state index contributed by atoms with van der Waals surface area (Å²) in [6, 6.07) is 3.42. The predicted octanol–water partition coefficient (Wildman–Crippen LogP) is 1.63. The molecule has 0 radical (unpaired) electrons. The van der Waals surface area contributed by atoms with E-state index < -0.39 is 0 Å². The van der Waals surface area contributed by atoms with Crippen LogP contribution in [0.25, 0.3) is 0 Å². The molecule has 0 bridgehead atoms. The first-order valence-corrected chi connectivity index (χ1v) is 5.92. The van der Waals surface area contributed by atoms with Gasteiger partial charge in [-0.15, -0.1) is 0 Å². The average molecular weight is 235 g/mol. The van der Waals surface area contributed by atoms with Crippen LogP contribution in [0.5, 0.6) is 17.2 Å². The van der Waals surface area contributed by atoms with Gasteiger partial charge in [-0.2, -0.15) is 0 Å². The highest BCUT2D eigenvalue weighted by atomic mass is 16.5. The van der Waals surface area contributed by atoms with Crippen LogP contribution in [0, 0.1) is 0 Å². The molecular weight excluding hydrogens is 218 g/mol. The standard InChI is InChI=1S/C13H17NO3/c1-17-10-7-8(6-9(15)11(10)16)12(2-3-12)13(14)4-5-13/h6-7,15-16H,2-5,14H2,1H3. The molecule has 2 aliphatic carbocycles. The lowest BCUT2D eigenvalue weighted by atomic mass is 9.86. The van der Waals surface area contributed by atoms with E-state index in [0.717, 1.165) is 31.2 Å². The van der Waals surface area contributed by atoms with Crippen molar-refractivity contribution >= 4 is 0 Å². The Morgan fingerprint density at radius 3 is 2.29 bits per heavy atom. The maximum absolute atomic E-state index is 9.72. The zero-order chi connectivity index (χ0) is 12.3. The third-order valence-corrected chi connectivity index (χ3v) is 4.32. The van der Waals surface area contributed by atoms with Gasteiger partial charge in [0.15, 0.2) is 11.5 Å². The van der Waals surface area contributed by atoms with Crippen LogP contribution in [0.15, 0.2) is 12.1 Å². The van der Waals surface area contributed by atoms with E-state index in [1.54, 1.807) is 12.1 Å². The molecule has 2 aliphatic rings. The normalized spacial score (nSPS) is 23.2. The highest BCUT2D eigenvalue weighted by Crippen LogP contribution is 2.64. The largest absolute Gasteiger partial charge is 0.504 e. The van der Waals surface area contributed by atoms with Crippen molar-refractivity contribution in [3.8, 4) is 17.2 Å². The van der Waals surface area contributed by atoms with E-state index in [9.17, 15) is 10.2 Å². The van der Waals surface area contributed by atoms with Gasteiger partial charge in [0, 0.05) is 11.0 Å². The molecular formula is C13H17NO3. The molecule has 0 saturated heterocycles. The zero-order valence-corrected chi connectivity index (χ0v) is 9.86. The molecule has 0 spiro atoms. The summed E-state index contributed by atoms with van der Waals surface area (Å²) in [6.45, 7) is 0. The van der Waals surface area contributed by atoms with Crippen LogP contribution in [-0.4, -0.2) is 22.9 Å². The summed E-state index contributed by atoms with van der Waals surface area (Å²) < 4.78 is 5.07. The molecule has 0 aliphatic heterocycles. The number of nitrogens with two attached hydrogens (primary N) is 1. The fourth-order valence-corrected chi connectivity index (χ4v) is 2.84. The predicted molar refractivity (Wildman–Crippen MR) is 63.4 cm³/mol. The zero-order valence-electron chi connectivity index (χ0n) is 9.86. The van der Waals surface area contributed by atoms with E-state index in [1.165, 1.54) is 7.11 Å². The minimum atomic E-state index is -0.200. The third kappa shape index (κ3) is 1.33. The van der Waals surface area contributed by atoms with E-state index in [-0.39, 0.29) is 22.5 Å². The quantitative estimate of drug-likeness (QED) is 0.696. The lowest BCUT2D eigenvalue weighted by Crippen LogP contribution is -2.37. The number of phenolic OH excluding ortho intramolecular Hbond substituents is 2. The highest BCUT2D eigenvalue weighted by Gasteiger charge is 2.64. The van der Waals surface area contributed by atoms with Crippen molar-refractivity contribution in [3.05, 3.63) is 17.7 Å². The Labute approximate surface area is 100 Å². The molecule has 0 amide bonds. The minimum absolute atomic E-state index is 0.00847. The molecule has 2 saturated carbocycles. The van der Waals surface area contributed by atoms with Gasteiger partial charge in [0.2, 0.25) is 5.75 Å². The van der Waals surface area contributed by atoms with Crippen molar-refractivity contribution in [3.63, 3.8) is 0 Å². The summed E-state index contributed by atoms with van der Waals surface area (Å²) in [6.07, 6.45) is 4.18. The first-order valence-electron chi connectivity index (χ1n) is 5.92. The monoisotopic (exact) mass is 235 g/mol. The summed E-state index contributed by atoms with van der Waals surface area (Å²) in [7, 11) is 1.48. The topological polar surface area (TPSA) is 75.7 Å². The Hall–Kier alpha value is -1.42. The minimum Gasteiger partial charge on any atom is -0.504 e. The number of hydrogen-bond acceptors (Lipinski definition) is 4. The van der Waals surface area contributed by atoms with E-state index in [1.807, 2.05) is 0 Å². The Bertz CT molecular complexity index is 476. The van der Waals surface area contributed by atoms with Crippen molar-refractivity contribution in [2.75, 3.05) is 7.11 Å². The van der Waals surface area contributed by atoms with Crippen LogP contribution >= 0.6 is 0 Å². The van der Waals surface area contributed by atoms with Crippen LogP contribution < -0.4 is 10.5 Å². The van der Waals surface area contributed by atoms with E-state index in [2.05, 4.69) is 0 Å². The summed E-state index contributed by atoms with van der Waals surface area (Å²) in [5, 5.41) is 19.3. The van der Waals surface area contributed by atoms with Gasteiger partial charge in [-0.05, 0) is 43.4 Å². The van der Waals surface area contributed by atoms with E-state index in [0.29, 0.717) is 5.75 Å². The first kappa shape index (κ1) is 10.7. The number of rotatable bonds is 3. The van der Waals surface area contributed by atoms with Crippen molar-refractivity contribution in [1.29, 1.82) is 0 Å². The Kier molecular flexibility index (Phi) is 1.94. The van der Waals surface area contributed by atoms with Gasteiger partial charge in [-0.1, -0.05) is 0 Å². The Morgan fingerprint density at radius 1 is 1.18 bits per heavy atom. The molecule has 2 fully saturated rings. The SMILES string of the molecule is COc1cc(C2(C3(N)CC3)CC2)cc(O)c1O. The van der Waals surface area contributed by atoms with Gasteiger partial charge < -0.3 is 20.7 Å². The molecule has 92 valence electrons. The van der Waals surface area contributed by atoms with Crippen molar-refractivity contribution in [1.82, 2.24) is 0 Å². The third-order valence-electron chi connectivity index (χ3n) is 4.32. The number of ether oxygens (including phenoxy) is 1. The van der Waals surface area contributed by atoms with Gasteiger partial charge in [0.1, 0.15) is 0 Å². The second kappa shape index (κ2) is 3.07. The maximum atomic E-state index is 9.72. The fraction of sp³-hybridized carbons (Fsp3) is 0.538. The fourth-order valence-electron chi connectivity index (χ4n) is 2.84. The van der Waals surface area contributed by atoms with Crippen LogP contribution in [0.2, 0.25) is 0 Å². The van der Waals surface area contributed by atoms with Crippen LogP contribution in [0.1, 0.15) is 31.2 Å². The second-order valence-corrected chi connectivity index (χ2v) is 5.28. The number of hydrogen-bond donors (Lipinski definition) is 3. The molecule has 4 nitrogen and oxygen atoms in total. The molecule has 4 N–H and O–H groups in total. The van der Waals surface area contributed by atoms with Crippen LogP contribution in [0.3, 0.4) is 0 Å². The Balaban J connectivity index is 2.07. The summed E-state index contributed by atoms with van der Waals surface area (Å²) in [4.78, 5) is 0. The highest BCUT2D eigenvalue weighted by molar-refractivity contribution is 5.56. The van der Waals surface area contributed by atoms with Crippen molar-refractivity contribution < 1.29 is 14.9 Å². The number of aromatic hydroxyl groups is 2. The molecule has 3 rings (SSSR count). The summed E-state index contributed by atoms with van der Waals surface area (Å²) in [5.74, 6) is -0.0145. The second-order valence-electron chi connectivity index (χ2n) is 5.28.